The zero-order valence-corrected chi connectivity index (χ0v) is 35.6. The highest BCUT2D eigenvalue weighted by Gasteiger charge is 2.45. The second-order valence-electron chi connectivity index (χ2n) is 14.8. The molecule has 60 heavy (non-hydrogen) atoms. The minimum atomic E-state index is -1.70. The number of nitriles is 1. The van der Waals surface area contributed by atoms with Gasteiger partial charge in [-0.1, -0.05) is 72.8 Å². The summed E-state index contributed by atoms with van der Waals surface area (Å²) in [6.07, 6.45) is -0.413. The van der Waals surface area contributed by atoms with Gasteiger partial charge in [-0.15, -0.1) is 0 Å². The molecule has 0 saturated carbocycles. The average molecular weight is 834 g/mol. The monoisotopic (exact) mass is 833 g/mol. The van der Waals surface area contributed by atoms with E-state index in [-0.39, 0.29) is 37.4 Å². The van der Waals surface area contributed by atoms with Crippen LogP contribution in [0.5, 0.6) is 11.5 Å². The maximum atomic E-state index is 14.4. The number of hydrogen-bond donors (Lipinski definition) is 2. The Hall–Kier alpha value is -5.45. The molecule has 5 aromatic rings. The van der Waals surface area contributed by atoms with Gasteiger partial charge < -0.3 is 33.7 Å². The fourth-order valence-corrected chi connectivity index (χ4v) is 9.47. The Morgan fingerprint density at radius 2 is 1.47 bits per heavy atom. The van der Waals surface area contributed by atoms with Crippen molar-refractivity contribution in [1.29, 1.82) is 5.26 Å². The Kier molecular flexibility index (Phi) is 14.9. The summed E-state index contributed by atoms with van der Waals surface area (Å²) in [7, 11) is 1.51. The first-order valence-electron chi connectivity index (χ1n) is 19.9. The summed E-state index contributed by atoms with van der Waals surface area (Å²) < 4.78 is 34.0. The van der Waals surface area contributed by atoms with Crippen molar-refractivity contribution >= 4 is 20.3 Å². The minimum absolute atomic E-state index is 0.0407. The molecule has 0 bridgehead atoms. The van der Waals surface area contributed by atoms with Crippen molar-refractivity contribution in [3.63, 3.8) is 0 Å². The highest BCUT2D eigenvalue weighted by Crippen LogP contribution is 2.51. The predicted octanol–water partition coefficient (Wildman–Crippen LogP) is 7.84. The SMILES string of the molecule is COc1ccc(C(c2ccccc2)(c2ccc(OC)cc2)c2cn([C@H]3C[C@H](OP(OCCC#N)N(C(C)C)C(C)C)[C@@H](CO)O3)c(=O)nc2NC(=O)c2ccccc2)cc1. The fraction of sp³-hybridized carbons (Fsp3) is 0.348. The molecule has 1 unspecified atom stereocenters. The van der Waals surface area contributed by atoms with Crippen LogP contribution in [-0.2, 0) is 19.2 Å². The largest absolute Gasteiger partial charge is 0.497 e. The summed E-state index contributed by atoms with van der Waals surface area (Å²) in [5, 5.41) is 22.9. The Bertz CT molecular complexity index is 2210. The van der Waals surface area contributed by atoms with E-state index in [1.54, 1.807) is 44.7 Å². The molecule has 1 aliphatic heterocycles. The van der Waals surface area contributed by atoms with Crippen LogP contribution in [0.2, 0.25) is 0 Å². The van der Waals surface area contributed by atoms with E-state index in [0.29, 0.717) is 22.6 Å². The summed E-state index contributed by atoms with van der Waals surface area (Å²) in [6, 6.07) is 36.0. The maximum absolute atomic E-state index is 14.4. The van der Waals surface area contributed by atoms with Gasteiger partial charge in [-0.2, -0.15) is 10.2 Å². The second-order valence-corrected chi connectivity index (χ2v) is 16.2. The van der Waals surface area contributed by atoms with Crippen LogP contribution < -0.4 is 20.5 Å². The number of benzene rings is 4. The lowest BCUT2D eigenvalue weighted by Crippen LogP contribution is -2.37. The smallest absolute Gasteiger partial charge is 0.351 e. The van der Waals surface area contributed by atoms with Gasteiger partial charge in [0.05, 0.1) is 51.4 Å². The number of aromatic nitrogens is 2. The lowest BCUT2D eigenvalue weighted by molar-refractivity contribution is -0.0439. The summed E-state index contributed by atoms with van der Waals surface area (Å²) in [4.78, 5) is 33.0. The van der Waals surface area contributed by atoms with Crippen LogP contribution in [0.15, 0.2) is 120 Å². The number of hydrogen-bond acceptors (Lipinski definition) is 11. The van der Waals surface area contributed by atoms with Crippen LogP contribution in [0.1, 0.15) is 79.4 Å². The standard InChI is InChI=1S/C46H52N5O8P/c1-31(2)51(32(3)4)60(57-27-13-26-47)59-40-28-42(58-41(40)30-52)50-29-39(43(49-45(50)54)48-44(53)33-14-9-7-10-15-33)46(34-16-11-8-12-17-34,35-18-22-37(55-5)23-19-35)36-20-24-38(56-6)25-21-36/h7-12,14-25,29,31-32,40-42,52H,13,27-28,30H2,1-6H3,(H,48,49,53,54)/t40-,41+,42+,60?/m0/s1. The first-order valence-corrected chi connectivity index (χ1v) is 21.0. The first-order chi connectivity index (χ1) is 29.0. The molecule has 4 atom stereocenters. The Balaban J connectivity index is 1.57. The molecule has 1 aliphatic rings. The highest BCUT2D eigenvalue weighted by molar-refractivity contribution is 7.44. The number of rotatable bonds is 18. The van der Waals surface area contributed by atoms with Crippen molar-refractivity contribution in [3.8, 4) is 17.6 Å². The number of nitrogens with zero attached hydrogens (tertiary/aromatic N) is 4. The summed E-state index contributed by atoms with van der Waals surface area (Å²) in [6.45, 7) is 7.94. The molecule has 314 valence electrons. The van der Waals surface area contributed by atoms with Crippen LogP contribution in [0.4, 0.5) is 5.82 Å². The second kappa shape index (κ2) is 20.2. The molecule has 2 heterocycles. The Morgan fingerprint density at radius 3 is 1.98 bits per heavy atom. The van der Waals surface area contributed by atoms with Gasteiger partial charge in [0.15, 0.2) is 0 Å². The third-order valence-corrected chi connectivity index (χ3v) is 12.6. The van der Waals surface area contributed by atoms with Gasteiger partial charge in [0.25, 0.3) is 14.4 Å². The third kappa shape index (κ3) is 9.45. The maximum Gasteiger partial charge on any atom is 0.351 e. The number of methoxy groups -OCH3 is 2. The number of aliphatic hydroxyl groups is 1. The molecular weight excluding hydrogens is 782 g/mol. The number of carbonyl (C=O) groups excluding carboxylic acids is 1. The van der Waals surface area contributed by atoms with Crippen LogP contribution in [0.3, 0.4) is 0 Å². The lowest BCUT2D eigenvalue weighted by Gasteiger charge is -2.38. The summed E-state index contributed by atoms with van der Waals surface area (Å²) >= 11 is 0. The lowest BCUT2D eigenvalue weighted by atomic mass is 9.65. The molecule has 4 aromatic carbocycles. The zero-order chi connectivity index (χ0) is 42.8. The molecule has 0 spiro atoms. The van der Waals surface area contributed by atoms with Crippen LogP contribution in [0.25, 0.3) is 0 Å². The number of ether oxygens (including phenoxy) is 3. The van der Waals surface area contributed by atoms with E-state index in [1.807, 2.05) is 113 Å². The average Bonchev–Trinajstić information content (AvgIpc) is 3.67. The van der Waals surface area contributed by atoms with E-state index < -0.39 is 50.6 Å². The van der Waals surface area contributed by atoms with Gasteiger partial charge >= 0.3 is 5.69 Å². The summed E-state index contributed by atoms with van der Waals surface area (Å²) in [5.41, 5.74) is 1.32. The van der Waals surface area contributed by atoms with E-state index in [9.17, 15) is 20.0 Å². The number of aliphatic hydroxyl groups excluding tert-OH is 1. The summed E-state index contributed by atoms with van der Waals surface area (Å²) in [5.74, 6) is 0.871. The minimum Gasteiger partial charge on any atom is -0.497 e. The Labute approximate surface area is 352 Å². The van der Waals surface area contributed by atoms with Crippen molar-refractivity contribution in [3.05, 3.63) is 154 Å². The van der Waals surface area contributed by atoms with Gasteiger partial charge in [0, 0.05) is 35.8 Å². The van der Waals surface area contributed by atoms with E-state index in [0.717, 1.165) is 16.7 Å². The molecule has 1 aromatic heterocycles. The molecule has 0 radical (unpaired) electrons. The zero-order valence-electron chi connectivity index (χ0n) is 34.7. The van der Waals surface area contributed by atoms with Crippen molar-refractivity contribution in [2.75, 3.05) is 32.8 Å². The predicted molar refractivity (Wildman–Crippen MR) is 230 cm³/mol. The van der Waals surface area contributed by atoms with Crippen molar-refractivity contribution in [2.24, 2.45) is 0 Å². The van der Waals surface area contributed by atoms with Gasteiger partial charge in [-0.3, -0.25) is 9.36 Å². The van der Waals surface area contributed by atoms with E-state index in [1.165, 1.54) is 4.57 Å². The first kappa shape index (κ1) is 44.1. The van der Waals surface area contributed by atoms with Crippen LogP contribution in [0, 0.1) is 11.3 Å². The molecule has 0 aliphatic carbocycles. The Morgan fingerprint density at radius 1 is 0.917 bits per heavy atom. The molecule has 14 heteroatoms. The molecule has 1 amide bonds. The number of amides is 1. The van der Waals surface area contributed by atoms with E-state index in [2.05, 4.69) is 21.0 Å². The fourth-order valence-electron chi connectivity index (χ4n) is 7.71. The van der Waals surface area contributed by atoms with Crippen molar-refractivity contribution in [1.82, 2.24) is 14.2 Å². The van der Waals surface area contributed by atoms with Crippen LogP contribution >= 0.6 is 8.53 Å². The van der Waals surface area contributed by atoms with E-state index >= 15 is 0 Å². The molecule has 1 fully saturated rings. The molecular formula is C46H52N5O8P. The normalized spacial score (nSPS) is 17.1. The topological polar surface area (TPSA) is 157 Å². The number of carbonyl (C=O) groups is 1. The van der Waals surface area contributed by atoms with Gasteiger partial charge in [0.1, 0.15) is 29.6 Å². The van der Waals surface area contributed by atoms with Crippen LogP contribution in [-0.4, -0.2) is 77.0 Å². The number of anilines is 1. The van der Waals surface area contributed by atoms with Gasteiger partial charge in [-0.05, 0) is 80.8 Å². The van der Waals surface area contributed by atoms with Crippen molar-refractivity contribution < 1.29 is 33.2 Å². The molecule has 2 N–H and O–H groups in total. The van der Waals surface area contributed by atoms with Gasteiger partial charge in [-0.25, -0.2) is 9.46 Å². The molecule has 6 rings (SSSR count). The molecule has 1 saturated heterocycles. The van der Waals surface area contributed by atoms with Crippen molar-refractivity contribution in [2.45, 2.75) is 76.5 Å². The van der Waals surface area contributed by atoms with Gasteiger partial charge in [0.2, 0.25) is 0 Å². The van der Waals surface area contributed by atoms with E-state index in [4.69, 9.17) is 23.3 Å². The quantitative estimate of drug-likeness (QED) is 0.0504. The highest BCUT2D eigenvalue weighted by atomic mass is 31.2. The third-order valence-electron chi connectivity index (χ3n) is 10.4. The number of nitrogens with one attached hydrogen (secondary N) is 1. The molecule has 13 nitrogen and oxygen atoms in total.